The number of benzene rings is 1. The van der Waals surface area contributed by atoms with Gasteiger partial charge in [-0.15, -0.1) is 0 Å². The molecule has 4 N–H and O–H groups in total. The van der Waals surface area contributed by atoms with Crippen LogP contribution in [0.1, 0.15) is 18.4 Å². The van der Waals surface area contributed by atoms with Crippen LogP contribution in [0.5, 0.6) is 5.75 Å². The van der Waals surface area contributed by atoms with E-state index in [0.717, 1.165) is 22.3 Å². The Morgan fingerprint density at radius 2 is 1.63 bits per heavy atom. The molecule has 8 nitrogen and oxygen atoms in total. The third-order valence-electron chi connectivity index (χ3n) is 5.78. The number of aliphatic hydroxyl groups is 1. The summed E-state index contributed by atoms with van der Waals surface area (Å²) in [6.07, 6.45) is 6.46. The number of rotatable bonds is 3. The van der Waals surface area contributed by atoms with Crippen molar-refractivity contribution >= 4 is 22.8 Å². The molecule has 4 heterocycles. The zero-order chi connectivity index (χ0) is 20.7. The molecular weight excluding hydrogens is 380 g/mol. The van der Waals surface area contributed by atoms with E-state index in [2.05, 4.69) is 14.9 Å². The summed E-state index contributed by atoms with van der Waals surface area (Å²) in [6, 6.07) is 12.5. The van der Waals surface area contributed by atoms with Gasteiger partial charge in [0, 0.05) is 31.7 Å². The largest absolute Gasteiger partial charge is 0.508 e. The van der Waals surface area contributed by atoms with Crippen molar-refractivity contribution in [1.29, 1.82) is 0 Å². The van der Waals surface area contributed by atoms with Crippen LogP contribution in [-0.4, -0.2) is 42.8 Å². The molecule has 0 unspecified atom stereocenters. The van der Waals surface area contributed by atoms with Crippen LogP contribution in [0.15, 0.2) is 61.1 Å². The minimum atomic E-state index is -0.933. The number of anilines is 2. The van der Waals surface area contributed by atoms with Crippen molar-refractivity contribution in [3.63, 3.8) is 0 Å². The number of piperidine rings is 1. The monoisotopic (exact) mass is 402 g/mol. The molecule has 1 aliphatic heterocycles. The molecule has 30 heavy (non-hydrogen) atoms. The predicted molar refractivity (Wildman–Crippen MR) is 115 cm³/mol. The van der Waals surface area contributed by atoms with Gasteiger partial charge >= 0.3 is 0 Å². The lowest BCUT2D eigenvalue weighted by Gasteiger charge is -2.38. The van der Waals surface area contributed by atoms with Gasteiger partial charge in [-0.2, -0.15) is 9.97 Å². The van der Waals surface area contributed by atoms with Crippen LogP contribution in [0.4, 0.5) is 11.8 Å². The summed E-state index contributed by atoms with van der Waals surface area (Å²) in [5.41, 5.74) is 7.80. The van der Waals surface area contributed by atoms with Crippen molar-refractivity contribution in [3.8, 4) is 11.4 Å². The lowest BCUT2D eigenvalue weighted by molar-refractivity contribution is 0.0115. The van der Waals surface area contributed by atoms with Crippen LogP contribution in [0, 0.1) is 0 Å². The number of nitrogens with zero attached hydrogens (tertiary/aromatic N) is 5. The Morgan fingerprint density at radius 3 is 2.33 bits per heavy atom. The molecule has 0 radical (unpaired) electrons. The Bertz CT molecular complexity index is 1180. The number of fused-ring (bicyclic) bond motifs is 1. The van der Waals surface area contributed by atoms with Gasteiger partial charge < -0.3 is 25.4 Å². The number of aromatic nitrogens is 4. The lowest BCUT2D eigenvalue weighted by Crippen LogP contribution is -2.43. The minimum Gasteiger partial charge on any atom is -0.508 e. The molecule has 0 spiro atoms. The smallest absolute Gasteiger partial charge is 0.229 e. The van der Waals surface area contributed by atoms with Crippen molar-refractivity contribution < 1.29 is 10.2 Å². The van der Waals surface area contributed by atoms with Gasteiger partial charge in [0.2, 0.25) is 5.95 Å². The van der Waals surface area contributed by atoms with Crippen molar-refractivity contribution in [2.24, 2.45) is 0 Å². The Morgan fingerprint density at radius 1 is 0.933 bits per heavy atom. The van der Waals surface area contributed by atoms with Crippen molar-refractivity contribution in [3.05, 3.63) is 66.6 Å². The second-order valence-corrected chi connectivity index (χ2v) is 7.60. The SMILES string of the molecule is Nc1nc(N2CCC(O)(c3ccc(O)cc3)CC2)nc2c1ccn2-c1ccncc1. The highest BCUT2D eigenvalue weighted by atomic mass is 16.3. The predicted octanol–water partition coefficient (Wildman–Crippen LogP) is 2.59. The molecule has 5 rings (SSSR count). The highest BCUT2D eigenvalue weighted by molar-refractivity contribution is 5.88. The normalized spacial score (nSPS) is 16.1. The van der Waals surface area contributed by atoms with Gasteiger partial charge in [-0.05, 0) is 48.7 Å². The zero-order valence-corrected chi connectivity index (χ0v) is 16.3. The molecule has 1 aliphatic rings. The molecule has 0 saturated carbocycles. The molecule has 1 aromatic carbocycles. The first kappa shape index (κ1) is 18.4. The Balaban J connectivity index is 1.44. The highest BCUT2D eigenvalue weighted by Crippen LogP contribution is 2.35. The third-order valence-corrected chi connectivity index (χ3v) is 5.78. The van der Waals surface area contributed by atoms with Gasteiger partial charge in [-0.3, -0.25) is 4.98 Å². The number of hydrogen-bond acceptors (Lipinski definition) is 7. The molecule has 0 bridgehead atoms. The van der Waals surface area contributed by atoms with Crippen LogP contribution < -0.4 is 10.6 Å². The second-order valence-electron chi connectivity index (χ2n) is 7.60. The summed E-state index contributed by atoms with van der Waals surface area (Å²) in [6.45, 7) is 1.19. The molecule has 3 aromatic heterocycles. The second kappa shape index (κ2) is 7.00. The quantitative estimate of drug-likeness (QED) is 0.483. The molecule has 4 aromatic rings. The molecule has 152 valence electrons. The van der Waals surface area contributed by atoms with Crippen LogP contribution in [-0.2, 0) is 5.60 Å². The van der Waals surface area contributed by atoms with Crippen LogP contribution in [0.3, 0.4) is 0 Å². The molecule has 0 atom stereocenters. The summed E-state index contributed by atoms with van der Waals surface area (Å²) in [4.78, 5) is 15.4. The van der Waals surface area contributed by atoms with Crippen LogP contribution >= 0.6 is 0 Å². The Labute approximate surface area is 173 Å². The number of nitrogen functional groups attached to an aromatic ring is 1. The summed E-state index contributed by atoms with van der Waals surface area (Å²) in [7, 11) is 0. The number of phenols is 1. The van der Waals surface area contributed by atoms with E-state index in [1.165, 1.54) is 0 Å². The average molecular weight is 402 g/mol. The standard InChI is InChI=1S/C22H22N6O2/c23-19-18-7-12-28(16-5-10-24-11-6-16)20(18)26-21(25-19)27-13-8-22(30,9-14-27)15-1-3-17(29)4-2-15/h1-7,10-12,29-30H,8-9,13-14H2,(H2,23,25,26). The van der Waals surface area contributed by atoms with Gasteiger partial charge in [0.1, 0.15) is 11.6 Å². The summed E-state index contributed by atoms with van der Waals surface area (Å²) in [5.74, 6) is 1.18. The molecule has 0 amide bonds. The van der Waals surface area contributed by atoms with E-state index in [1.807, 2.05) is 29.0 Å². The third kappa shape index (κ3) is 3.11. The molecule has 1 fully saturated rings. The molecular formula is C22H22N6O2. The van der Waals surface area contributed by atoms with E-state index in [1.54, 1.807) is 36.7 Å². The topological polar surface area (TPSA) is 113 Å². The van der Waals surface area contributed by atoms with Gasteiger partial charge in [-0.25, -0.2) is 0 Å². The van der Waals surface area contributed by atoms with E-state index >= 15 is 0 Å². The molecule has 0 aliphatic carbocycles. The van der Waals surface area contributed by atoms with Gasteiger partial charge in [-0.1, -0.05) is 12.1 Å². The lowest BCUT2D eigenvalue weighted by atomic mass is 9.84. The highest BCUT2D eigenvalue weighted by Gasteiger charge is 2.35. The van der Waals surface area contributed by atoms with E-state index in [4.69, 9.17) is 10.7 Å². The fraction of sp³-hybridized carbons (Fsp3) is 0.227. The number of pyridine rings is 1. The molecule has 1 saturated heterocycles. The number of aromatic hydroxyl groups is 1. The first-order valence-corrected chi connectivity index (χ1v) is 9.85. The Kier molecular flexibility index (Phi) is 4.29. The van der Waals surface area contributed by atoms with Crippen molar-refractivity contribution in [1.82, 2.24) is 19.5 Å². The average Bonchev–Trinajstić information content (AvgIpc) is 3.20. The van der Waals surface area contributed by atoms with E-state index in [-0.39, 0.29) is 5.75 Å². The molecule has 8 heteroatoms. The summed E-state index contributed by atoms with van der Waals surface area (Å²) >= 11 is 0. The van der Waals surface area contributed by atoms with Gasteiger partial charge in [0.25, 0.3) is 0 Å². The van der Waals surface area contributed by atoms with E-state index in [0.29, 0.717) is 37.7 Å². The van der Waals surface area contributed by atoms with Gasteiger partial charge in [0.05, 0.1) is 16.7 Å². The zero-order valence-electron chi connectivity index (χ0n) is 16.3. The Hall–Kier alpha value is -3.65. The fourth-order valence-corrected chi connectivity index (χ4v) is 4.02. The fourth-order valence-electron chi connectivity index (χ4n) is 4.02. The van der Waals surface area contributed by atoms with Crippen LogP contribution in [0.25, 0.3) is 16.7 Å². The van der Waals surface area contributed by atoms with Crippen LogP contribution in [0.2, 0.25) is 0 Å². The van der Waals surface area contributed by atoms with Crippen molar-refractivity contribution in [2.45, 2.75) is 18.4 Å². The maximum absolute atomic E-state index is 11.1. The van der Waals surface area contributed by atoms with E-state index < -0.39 is 5.60 Å². The number of nitrogens with two attached hydrogens (primary N) is 1. The maximum Gasteiger partial charge on any atom is 0.229 e. The minimum absolute atomic E-state index is 0.189. The van der Waals surface area contributed by atoms with Crippen molar-refractivity contribution in [2.75, 3.05) is 23.7 Å². The summed E-state index contributed by atoms with van der Waals surface area (Å²) < 4.78 is 1.97. The van der Waals surface area contributed by atoms with Gasteiger partial charge in [0.15, 0.2) is 5.65 Å². The number of phenolic OH excluding ortho intramolecular Hbond substituents is 1. The maximum atomic E-state index is 11.1. The number of hydrogen-bond donors (Lipinski definition) is 3. The van der Waals surface area contributed by atoms with E-state index in [9.17, 15) is 10.2 Å². The summed E-state index contributed by atoms with van der Waals surface area (Å²) in [5, 5.41) is 21.4. The first-order chi connectivity index (χ1) is 14.5. The first-order valence-electron chi connectivity index (χ1n) is 9.85.